The molecule has 5 nitrogen and oxygen atoms in total. The Kier molecular flexibility index (Phi) is 2.37. The molecule has 5 heteroatoms. The van der Waals surface area contributed by atoms with E-state index in [0.29, 0.717) is 23.2 Å². The van der Waals surface area contributed by atoms with Gasteiger partial charge in [0.25, 0.3) is 5.89 Å². The highest BCUT2D eigenvalue weighted by Gasteiger charge is 2.14. The summed E-state index contributed by atoms with van der Waals surface area (Å²) in [6.07, 6.45) is 1.60. The third kappa shape index (κ3) is 1.75. The molecule has 0 unspecified atom stereocenters. The summed E-state index contributed by atoms with van der Waals surface area (Å²) in [6.45, 7) is 1.93. The van der Waals surface area contributed by atoms with Gasteiger partial charge in [-0.25, -0.2) is 0 Å². The van der Waals surface area contributed by atoms with Crippen molar-refractivity contribution < 1.29 is 8.94 Å². The summed E-state index contributed by atoms with van der Waals surface area (Å²) in [4.78, 5) is 4.30. The number of hydrogen-bond acceptors (Lipinski definition) is 5. The molecule has 0 saturated carbocycles. The lowest BCUT2D eigenvalue weighted by Gasteiger charge is -1.95. The Bertz CT molecular complexity index is 685. The molecule has 90 valence electrons. The molecule has 1 aromatic carbocycles. The second-order valence-corrected chi connectivity index (χ2v) is 3.98. The van der Waals surface area contributed by atoms with E-state index < -0.39 is 0 Å². The van der Waals surface area contributed by atoms with Crippen molar-refractivity contribution in [2.75, 3.05) is 5.73 Å². The predicted molar refractivity (Wildman–Crippen MR) is 66.6 cm³/mol. The first kappa shape index (κ1) is 10.6. The van der Waals surface area contributed by atoms with Crippen LogP contribution in [0.2, 0.25) is 0 Å². The fraction of sp³-hybridized carbons (Fsp3) is 0.0769. The lowest BCUT2D eigenvalue weighted by molar-refractivity contribution is 0.429. The van der Waals surface area contributed by atoms with Crippen molar-refractivity contribution in [3.63, 3.8) is 0 Å². The number of anilines is 1. The van der Waals surface area contributed by atoms with Crippen LogP contribution in [-0.4, -0.2) is 10.1 Å². The van der Waals surface area contributed by atoms with Gasteiger partial charge in [0.15, 0.2) is 5.76 Å². The lowest BCUT2D eigenvalue weighted by Crippen LogP contribution is -1.85. The maximum absolute atomic E-state index is 5.71. The minimum Gasteiger partial charge on any atom is -0.461 e. The van der Waals surface area contributed by atoms with Crippen LogP contribution in [0.5, 0.6) is 0 Å². The third-order valence-electron chi connectivity index (χ3n) is 2.62. The third-order valence-corrected chi connectivity index (χ3v) is 2.62. The van der Waals surface area contributed by atoms with Gasteiger partial charge in [-0.3, -0.25) is 0 Å². The van der Waals surface area contributed by atoms with E-state index in [4.69, 9.17) is 14.7 Å². The number of rotatable bonds is 2. The zero-order valence-electron chi connectivity index (χ0n) is 9.75. The average Bonchev–Trinajstić information content (AvgIpc) is 2.97. The topological polar surface area (TPSA) is 78.1 Å². The summed E-state index contributed by atoms with van der Waals surface area (Å²) in [7, 11) is 0. The van der Waals surface area contributed by atoms with Gasteiger partial charge in [-0.15, -0.1) is 0 Å². The highest BCUT2D eigenvalue weighted by Crippen LogP contribution is 2.25. The molecular formula is C13H11N3O2. The molecule has 0 saturated heterocycles. The zero-order chi connectivity index (χ0) is 12.5. The highest BCUT2D eigenvalue weighted by atomic mass is 16.5. The van der Waals surface area contributed by atoms with E-state index in [-0.39, 0.29) is 0 Å². The van der Waals surface area contributed by atoms with E-state index in [0.717, 1.165) is 11.1 Å². The fourth-order valence-electron chi connectivity index (χ4n) is 1.71. The van der Waals surface area contributed by atoms with Crippen LogP contribution in [0.4, 0.5) is 5.69 Å². The number of nitrogens with two attached hydrogens (primary N) is 1. The molecule has 0 aliphatic heterocycles. The van der Waals surface area contributed by atoms with Crippen LogP contribution in [0.15, 0.2) is 45.5 Å². The number of hydrogen-bond donors (Lipinski definition) is 1. The van der Waals surface area contributed by atoms with E-state index in [1.807, 2.05) is 25.1 Å². The van der Waals surface area contributed by atoms with Crippen molar-refractivity contribution in [1.82, 2.24) is 10.1 Å². The summed E-state index contributed by atoms with van der Waals surface area (Å²) in [5.74, 6) is 1.48. The van der Waals surface area contributed by atoms with Crippen LogP contribution >= 0.6 is 0 Å². The van der Waals surface area contributed by atoms with Gasteiger partial charge in [0, 0.05) is 11.3 Å². The van der Waals surface area contributed by atoms with Gasteiger partial charge in [0.2, 0.25) is 5.82 Å². The van der Waals surface area contributed by atoms with Crippen molar-refractivity contribution >= 4 is 5.69 Å². The van der Waals surface area contributed by atoms with Crippen LogP contribution in [0, 0.1) is 6.92 Å². The average molecular weight is 241 g/mol. The van der Waals surface area contributed by atoms with Gasteiger partial charge < -0.3 is 14.7 Å². The number of furan rings is 1. The van der Waals surface area contributed by atoms with E-state index in [9.17, 15) is 0 Å². The number of aromatic nitrogens is 2. The highest BCUT2D eigenvalue weighted by molar-refractivity contribution is 5.62. The molecule has 2 aromatic heterocycles. The van der Waals surface area contributed by atoms with E-state index in [1.54, 1.807) is 18.4 Å². The molecule has 2 heterocycles. The number of benzene rings is 1. The van der Waals surface area contributed by atoms with Gasteiger partial charge >= 0.3 is 0 Å². The monoisotopic (exact) mass is 241 g/mol. The number of nitrogen functional groups attached to an aromatic ring is 1. The van der Waals surface area contributed by atoms with Gasteiger partial charge in [-0.05, 0) is 36.8 Å². The van der Waals surface area contributed by atoms with Crippen molar-refractivity contribution in [2.45, 2.75) is 6.92 Å². The number of aryl methyl sites for hydroxylation is 1. The summed E-state index contributed by atoms with van der Waals surface area (Å²) in [5, 5.41) is 3.90. The first-order chi connectivity index (χ1) is 8.74. The molecule has 2 N–H and O–H groups in total. The largest absolute Gasteiger partial charge is 0.461 e. The molecule has 0 aliphatic carbocycles. The SMILES string of the molecule is Cc1ccoc1-c1noc(-c2cccc(N)c2)n1. The molecule has 0 atom stereocenters. The Hall–Kier alpha value is -2.56. The zero-order valence-corrected chi connectivity index (χ0v) is 9.75. The first-order valence-electron chi connectivity index (χ1n) is 5.48. The maximum atomic E-state index is 5.71. The lowest BCUT2D eigenvalue weighted by atomic mass is 10.2. The van der Waals surface area contributed by atoms with E-state index >= 15 is 0 Å². The maximum Gasteiger partial charge on any atom is 0.258 e. The van der Waals surface area contributed by atoms with Gasteiger partial charge in [0.1, 0.15) is 0 Å². The molecule has 0 bridgehead atoms. The molecule has 3 rings (SSSR count). The second-order valence-electron chi connectivity index (χ2n) is 3.98. The van der Waals surface area contributed by atoms with Crippen molar-refractivity contribution in [2.24, 2.45) is 0 Å². The first-order valence-corrected chi connectivity index (χ1v) is 5.48. The van der Waals surface area contributed by atoms with Gasteiger partial charge in [0.05, 0.1) is 6.26 Å². The van der Waals surface area contributed by atoms with Crippen molar-refractivity contribution in [3.8, 4) is 23.0 Å². The van der Waals surface area contributed by atoms with Crippen LogP contribution in [-0.2, 0) is 0 Å². The molecule has 3 aromatic rings. The normalized spacial score (nSPS) is 10.7. The summed E-state index contributed by atoms with van der Waals surface area (Å²) < 4.78 is 10.5. The van der Waals surface area contributed by atoms with Crippen LogP contribution in [0.1, 0.15) is 5.56 Å². The van der Waals surface area contributed by atoms with Crippen molar-refractivity contribution in [3.05, 3.63) is 42.2 Å². The molecule has 0 spiro atoms. The number of nitrogens with zero attached hydrogens (tertiary/aromatic N) is 2. The summed E-state index contributed by atoms with van der Waals surface area (Å²) >= 11 is 0. The smallest absolute Gasteiger partial charge is 0.258 e. The van der Waals surface area contributed by atoms with Gasteiger partial charge in [-0.1, -0.05) is 11.2 Å². The Labute approximate surface area is 103 Å². The Morgan fingerprint density at radius 1 is 1.22 bits per heavy atom. The van der Waals surface area contributed by atoms with Gasteiger partial charge in [-0.2, -0.15) is 4.98 Å². The van der Waals surface area contributed by atoms with Crippen LogP contribution in [0.3, 0.4) is 0 Å². The Morgan fingerprint density at radius 3 is 2.83 bits per heavy atom. The fourth-order valence-corrected chi connectivity index (χ4v) is 1.71. The minimum absolute atomic E-state index is 0.424. The van der Waals surface area contributed by atoms with Crippen molar-refractivity contribution in [1.29, 1.82) is 0 Å². The molecule has 0 radical (unpaired) electrons. The Morgan fingerprint density at radius 2 is 2.11 bits per heavy atom. The molecular weight excluding hydrogens is 230 g/mol. The standard InChI is InChI=1S/C13H11N3O2/c1-8-5-6-17-11(8)12-15-13(18-16-12)9-3-2-4-10(14)7-9/h2-7H,14H2,1H3. The van der Waals surface area contributed by atoms with E-state index in [1.165, 1.54) is 0 Å². The quantitative estimate of drug-likeness (QED) is 0.698. The Balaban J connectivity index is 2.02. The van der Waals surface area contributed by atoms with Crippen LogP contribution in [0.25, 0.3) is 23.0 Å². The molecule has 0 amide bonds. The predicted octanol–water partition coefficient (Wildman–Crippen LogP) is 2.89. The molecule has 18 heavy (non-hydrogen) atoms. The minimum atomic E-state index is 0.424. The molecule has 0 fully saturated rings. The van der Waals surface area contributed by atoms with Crippen LogP contribution < -0.4 is 5.73 Å². The second kappa shape index (κ2) is 4.03. The van der Waals surface area contributed by atoms with E-state index in [2.05, 4.69) is 10.1 Å². The summed E-state index contributed by atoms with van der Waals surface area (Å²) in [5.41, 5.74) is 8.12. The summed E-state index contributed by atoms with van der Waals surface area (Å²) in [6, 6.07) is 9.14. The molecule has 0 aliphatic rings.